The monoisotopic (exact) mass is 356 g/mol. The van der Waals surface area contributed by atoms with E-state index in [9.17, 15) is 0 Å². The van der Waals surface area contributed by atoms with Crippen LogP contribution in [0.1, 0.15) is 10.6 Å². The second-order valence-corrected chi connectivity index (χ2v) is 7.45. The molecule has 0 fully saturated rings. The lowest BCUT2D eigenvalue weighted by Gasteiger charge is -2.11. The van der Waals surface area contributed by atoms with Crippen LogP contribution in [0.25, 0.3) is 33.1 Å². The van der Waals surface area contributed by atoms with Gasteiger partial charge in [-0.3, -0.25) is 0 Å². The fourth-order valence-corrected chi connectivity index (χ4v) is 3.84. The number of thiazole rings is 1. The Kier molecular flexibility index (Phi) is 4.55. The molecule has 0 saturated heterocycles. The van der Waals surface area contributed by atoms with E-state index in [-0.39, 0.29) is 0 Å². The first kappa shape index (κ1) is 16.6. The number of fused-ring (bicyclic) bond motifs is 3. The molecule has 3 aromatic carbocycles. The molecule has 1 heterocycles. The summed E-state index contributed by atoms with van der Waals surface area (Å²) in [7, 11) is 4.10. The Hall–Kier alpha value is -2.91. The third-order valence-corrected chi connectivity index (χ3v) is 5.33. The van der Waals surface area contributed by atoms with Crippen LogP contribution >= 0.6 is 11.3 Å². The van der Waals surface area contributed by atoms with E-state index < -0.39 is 0 Å². The van der Waals surface area contributed by atoms with Gasteiger partial charge in [-0.2, -0.15) is 0 Å². The van der Waals surface area contributed by atoms with Crippen LogP contribution in [0.3, 0.4) is 0 Å². The van der Waals surface area contributed by atoms with E-state index in [1.54, 1.807) is 11.3 Å². The van der Waals surface area contributed by atoms with Crippen molar-refractivity contribution in [1.29, 1.82) is 0 Å². The number of allylic oxidation sites excluding steroid dienone is 2. The molecule has 0 unspecified atom stereocenters. The summed E-state index contributed by atoms with van der Waals surface area (Å²) in [6.07, 6.45) is 8.30. The third-order valence-electron chi connectivity index (χ3n) is 4.35. The van der Waals surface area contributed by atoms with Crippen molar-refractivity contribution in [3.05, 3.63) is 83.4 Å². The van der Waals surface area contributed by atoms with Crippen LogP contribution in [-0.4, -0.2) is 19.1 Å². The lowest BCUT2D eigenvalue weighted by Crippen LogP contribution is -2.07. The van der Waals surface area contributed by atoms with Crippen molar-refractivity contribution in [2.24, 2.45) is 0 Å². The van der Waals surface area contributed by atoms with Crippen molar-refractivity contribution in [3.63, 3.8) is 0 Å². The van der Waals surface area contributed by atoms with E-state index in [2.05, 4.69) is 104 Å². The van der Waals surface area contributed by atoms with Crippen LogP contribution in [0.4, 0.5) is 5.69 Å². The summed E-state index contributed by atoms with van der Waals surface area (Å²) in [5, 5.41) is 3.49. The van der Waals surface area contributed by atoms with Crippen molar-refractivity contribution in [1.82, 2.24) is 4.98 Å². The molecule has 0 saturated carbocycles. The lowest BCUT2D eigenvalue weighted by molar-refractivity contribution is 1.13. The van der Waals surface area contributed by atoms with Crippen LogP contribution < -0.4 is 4.90 Å². The van der Waals surface area contributed by atoms with Gasteiger partial charge in [-0.15, -0.1) is 11.3 Å². The molecule has 0 bridgehead atoms. The Bertz CT molecular complexity index is 1100. The molecule has 0 amide bonds. The van der Waals surface area contributed by atoms with Crippen LogP contribution in [-0.2, 0) is 0 Å². The second-order valence-electron chi connectivity index (χ2n) is 6.39. The number of rotatable bonds is 4. The van der Waals surface area contributed by atoms with Gasteiger partial charge in [0.25, 0.3) is 0 Å². The molecule has 0 aliphatic heterocycles. The summed E-state index contributed by atoms with van der Waals surface area (Å²) in [6, 6.07) is 21.3. The first-order chi connectivity index (χ1) is 12.7. The van der Waals surface area contributed by atoms with Crippen molar-refractivity contribution in [3.8, 4) is 0 Å². The molecular formula is C23H20N2S. The number of aromatic nitrogens is 1. The summed E-state index contributed by atoms with van der Waals surface area (Å²) in [5.41, 5.74) is 3.49. The average molecular weight is 356 g/mol. The summed E-state index contributed by atoms with van der Waals surface area (Å²) >= 11 is 1.73. The van der Waals surface area contributed by atoms with Gasteiger partial charge in [0, 0.05) is 25.2 Å². The first-order valence-corrected chi connectivity index (χ1v) is 9.43. The maximum atomic E-state index is 4.81. The van der Waals surface area contributed by atoms with E-state index in [1.165, 1.54) is 26.7 Å². The molecule has 0 N–H and O–H groups in total. The number of benzene rings is 3. The maximum Gasteiger partial charge on any atom is 0.117 e. The van der Waals surface area contributed by atoms with Crippen LogP contribution in [0.15, 0.2) is 72.8 Å². The molecule has 0 radical (unpaired) electrons. The molecule has 0 atom stereocenters. The summed E-state index contributed by atoms with van der Waals surface area (Å²) in [5.74, 6) is 0. The largest absolute Gasteiger partial charge is 0.378 e. The Morgan fingerprint density at radius 3 is 2.42 bits per heavy atom. The van der Waals surface area contributed by atoms with E-state index >= 15 is 0 Å². The van der Waals surface area contributed by atoms with Gasteiger partial charge in [-0.1, -0.05) is 60.7 Å². The van der Waals surface area contributed by atoms with Gasteiger partial charge >= 0.3 is 0 Å². The molecule has 0 spiro atoms. The van der Waals surface area contributed by atoms with Gasteiger partial charge in [0.05, 0.1) is 10.2 Å². The predicted molar refractivity (Wildman–Crippen MR) is 116 cm³/mol. The van der Waals surface area contributed by atoms with Gasteiger partial charge in [0.15, 0.2) is 0 Å². The van der Waals surface area contributed by atoms with E-state index in [0.717, 1.165) is 10.5 Å². The fourth-order valence-electron chi connectivity index (χ4n) is 2.94. The highest BCUT2D eigenvalue weighted by molar-refractivity contribution is 7.19. The standard InChI is InChI=1S/C23H20N2S/c1-25(2)19-14-11-17(12-15-19)7-3-6-10-22-24-23-20-9-5-4-8-18(20)13-16-21(23)26-22/h3-16H,1-2H3. The van der Waals surface area contributed by atoms with Gasteiger partial charge in [-0.25, -0.2) is 4.98 Å². The fraction of sp³-hybridized carbons (Fsp3) is 0.0870. The maximum absolute atomic E-state index is 4.81. The Balaban J connectivity index is 1.54. The zero-order chi connectivity index (χ0) is 17.9. The highest BCUT2D eigenvalue weighted by atomic mass is 32.1. The molecular weight excluding hydrogens is 336 g/mol. The zero-order valence-electron chi connectivity index (χ0n) is 14.9. The lowest BCUT2D eigenvalue weighted by atomic mass is 10.1. The highest BCUT2D eigenvalue weighted by Crippen LogP contribution is 2.29. The molecule has 0 aliphatic rings. The molecule has 0 aliphatic carbocycles. The van der Waals surface area contributed by atoms with Crippen molar-refractivity contribution < 1.29 is 0 Å². The van der Waals surface area contributed by atoms with Gasteiger partial charge in [-0.05, 0) is 35.2 Å². The Morgan fingerprint density at radius 2 is 1.62 bits per heavy atom. The van der Waals surface area contributed by atoms with Gasteiger partial charge in [0.2, 0.25) is 0 Å². The number of hydrogen-bond acceptors (Lipinski definition) is 3. The van der Waals surface area contributed by atoms with E-state index in [1.807, 2.05) is 0 Å². The van der Waals surface area contributed by atoms with Crippen LogP contribution in [0.5, 0.6) is 0 Å². The number of anilines is 1. The molecule has 4 aromatic rings. The van der Waals surface area contributed by atoms with Crippen molar-refractivity contribution >= 4 is 50.2 Å². The van der Waals surface area contributed by atoms with E-state index in [0.29, 0.717) is 0 Å². The summed E-state index contributed by atoms with van der Waals surface area (Å²) in [4.78, 5) is 6.91. The first-order valence-electron chi connectivity index (χ1n) is 8.61. The third kappa shape index (κ3) is 3.39. The topological polar surface area (TPSA) is 16.1 Å². The Labute approximate surface area is 157 Å². The minimum Gasteiger partial charge on any atom is -0.378 e. The molecule has 4 rings (SSSR count). The SMILES string of the molecule is CN(C)c1ccc(C=CC=Cc2nc3c(ccc4ccccc43)s2)cc1. The highest BCUT2D eigenvalue weighted by Gasteiger charge is 2.05. The van der Waals surface area contributed by atoms with E-state index in [4.69, 9.17) is 4.98 Å². The normalized spacial score (nSPS) is 11.9. The molecule has 1 aromatic heterocycles. The van der Waals surface area contributed by atoms with Crippen LogP contribution in [0, 0.1) is 0 Å². The molecule has 3 heteroatoms. The van der Waals surface area contributed by atoms with Crippen LogP contribution in [0.2, 0.25) is 0 Å². The van der Waals surface area contributed by atoms with Crippen molar-refractivity contribution in [2.45, 2.75) is 0 Å². The number of hydrogen-bond donors (Lipinski definition) is 0. The molecule has 128 valence electrons. The quantitative estimate of drug-likeness (QED) is 0.402. The average Bonchev–Trinajstić information content (AvgIpc) is 3.09. The summed E-state index contributed by atoms with van der Waals surface area (Å²) < 4.78 is 1.23. The predicted octanol–water partition coefficient (Wildman–Crippen LogP) is 6.24. The molecule has 2 nitrogen and oxygen atoms in total. The minimum absolute atomic E-state index is 1.03. The zero-order valence-corrected chi connectivity index (χ0v) is 15.7. The summed E-state index contributed by atoms with van der Waals surface area (Å²) in [6.45, 7) is 0. The Morgan fingerprint density at radius 1 is 0.846 bits per heavy atom. The second kappa shape index (κ2) is 7.14. The van der Waals surface area contributed by atoms with Crippen molar-refractivity contribution in [2.75, 3.05) is 19.0 Å². The molecule has 26 heavy (non-hydrogen) atoms. The van der Waals surface area contributed by atoms with Gasteiger partial charge < -0.3 is 4.90 Å². The number of nitrogens with zero attached hydrogens (tertiary/aromatic N) is 2. The minimum atomic E-state index is 1.03. The smallest absolute Gasteiger partial charge is 0.117 e. The van der Waals surface area contributed by atoms with Gasteiger partial charge in [0.1, 0.15) is 5.01 Å².